The number of anilines is 1. The van der Waals surface area contributed by atoms with Gasteiger partial charge in [-0.1, -0.05) is 12.1 Å². The van der Waals surface area contributed by atoms with Gasteiger partial charge in [0, 0.05) is 12.6 Å². The monoisotopic (exact) mass is 207 g/mol. The quantitative estimate of drug-likeness (QED) is 0.794. The molecule has 15 heavy (non-hydrogen) atoms. The van der Waals surface area contributed by atoms with Crippen molar-refractivity contribution >= 4 is 17.6 Å². The number of rotatable bonds is 3. The van der Waals surface area contributed by atoms with E-state index in [2.05, 4.69) is 5.32 Å². The molecule has 1 aromatic carbocycles. The van der Waals surface area contributed by atoms with Crippen molar-refractivity contribution in [2.24, 2.45) is 0 Å². The van der Waals surface area contributed by atoms with E-state index in [4.69, 9.17) is 5.11 Å². The van der Waals surface area contributed by atoms with Crippen molar-refractivity contribution in [1.29, 1.82) is 0 Å². The lowest BCUT2D eigenvalue weighted by Gasteiger charge is -2.07. The molecule has 1 amide bonds. The van der Waals surface area contributed by atoms with Crippen LogP contribution in [0.2, 0.25) is 0 Å². The van der Waals surface area contributed by atoms with Crippen LogP contribution >= 0.6 is 0 Å². The highest BCUT2D eigenvalue weighted by molar-refractivity contribution is 5.88. The molecular formula is C11H13NO3. The SMILES string of the molecule is CC(=O)Nc1ccc([C@H](C)C(=O)O)cc1. The summed E-state index contributed by atoms with van der Waals surface area (Å²) in [6.07, 6.45) is 0. The van der Waals surface area contributed by atoms with Crippen molar-refractivity contribution in [2.75, 3.05) is 5.32 Å². The van der Waals surface area contributed by atoms with Crippen LogP contribution in [-0.2, 0) is 9.59 Å². The molecule has 80 valence electrons. The maximum Gasteiger partial charge on any atom is 0.310 e. The topological polar surface area (TPSA) is 66.4 Å². The number of aliphatic carboxylic acids is 1. The lowest BCUT2D eigenvalue weighted by molar-refractivity contribution is -0.138. The van der Waals surface area contributed by atoms with Gasteiger partial charge in [0.2, 0.25) is 5.91 Å². The van der Waals surface area contributed by atoms with Gasteiger partial charge < -0.3 is 10.4 Å². The van der Waals surface area contributed by atoms with E-state index < -0.39 is 11.9 Å². The second kappa shape index (κ2) is 4.59. The summed E-state index contributed by atoms with van der Waals surface area (Å²) in [5, 5.41) is 11.4. The Morgan fingerprint density at radius 2 is 1.80 bits per heavy atom. The van der Waals surface area contributed by atoms with Crippen LogP contribution in [0.25, 0.3) is 0 Å². The van der Waals surface area contributed by atoms with Crippen LogP contribution in [0.3, 0.4) is 0 Å². The number of nitrogens with one attached hydrogen (secondary N) is 1. The Balaban J connectivity index is 2.80. The summed E-state index contributed by atoms with van der Waals surface area (Å²) in [5.74, 6) is -1.53. The molecule has 0 saturated carbocycles. The van der Waals surface area contributed by atoms with Crippen molar-refractivity contribution in [3.8, 4) is 0 Å². The van der Waals surface area contributed by atoms with Gasteiger partial charge in [-0.2, -0.15) is 0 Å². The number of carbonyl (C=O) groups is 2. The third-order valence-electron chi connectivity index (χ3n) is 2.10. The molecule has 0 unspecified atom stereocenters. The fraction of sp³-hybridized carbons (Fsp3) is 0.273. The Kier molecular flexibility index (Phi) is 3.44. The number of carbonyl (C=O) groups excluding carboxylic acids is 1. The minimum Gasteiger partial charge on any atom is -0.481 e. The highest BCUT2D eigenvalue weighted by atomic mass is 16.4. The van der Waals surface area contributed by atoms with E-state index in [1.807, 2.05) is 0 Å². The molecule has 0 heterocycles. The summed E-state index contributed by atoms with van der Waals surface area (Å²) in [6, 6.07) is 6.78. The van der Waals surface area contributed by atoms with Crippen LogP contribution in [0.4, 0.5) is 5.69 Å². The zero-order chi connectivity index (χ0) is 11.4. The first-order chi connectivity index (χ1) is 7.00. The Labute approximate surface area is 87.9 Å². The minimum absolute atomic E-state index is 0.144. The van der Waals surface area contributed by atoms with E-state index >= 15 is 0 Å². The zero-order valence-corrected chi connectivity index (χ0v) is 8.65. The fourth-order valence-electron chi connectivity index (χ4n) is 1.20. The van der Waals surface area contributed by atoms with Crippen LogP contribution in [0.5, 0.6) is 0 Å². The highest BCUT2D eigenvalue weighted by Crippen LogP contribution is 2.17. The van der Waals surface area contributed by atoms with Gasteiger partial charge in [0.05, 0.1) is 5.92 Å². The van der Waals surface area contributed by atoms with E-state index in [1.54, 1.807) is 31.2 Å². The van der Waals surface area contributed by atoms with Crippen LogP contribution in [0.1, 0.15) is 25.3 Å². The van der Waals surface area contributed by atoms with Gasteiger partial charge in [-0.3, -0.25) is 9.59 Å². The molecule has 1 rings (SSSR count). The van der Waals surface area contributed by atoms with Crippen molar-refractivity contribution in [3.05, 3.63) is 29.8 Å². The Bertz CT molecular complexity index is 370. The van der Waals surface area contributed by atoms with Crippen molar-refractivity contribution in [3.63, 3.8) is 0 Å². The molecule has 4 heteroatoms. The van der Waals surface area contributed by atoms with Crippen molar-refractivity contribution < 1.29 is 14.7 Å². The molecule has 0 saturated heterocycles. The number of amides is 1. The molecule has 4 nitrogen and oxygen atoms in total. The Hall–Kier alpha value is -1.84. The fourth-order valence-corrected chi connectivity index (χ4v) is 1.20. The van der Waals surface area contributed by atoms with Gasteiger partial charge in [-0.15, -0.1) is 0 Å². The lowest BCUT2D eigenvalue weighted by Crippen LogP contribution is -2.08. The van der Waals surface area contributed by atoms with Crippen molar-refractivity contribution in [1.82, 2.24) is 0 Å². The van der Waals surface area contributed by atoms with Gasteiger partial charge in [-0.25, -0.2) is 0 Å². The van der Waals surface area contributed by atoms with Gasteiger partial charge >= 0.3 is 5.97 Å². The summed E-state index contributed by atoms with van der Waals surface area (Å²) in [5.41, 5.74) is 1.39. The first-order valence-corrected chi connectivity index (χ1v) is 4.61. The molecule has 0 aromatic heterocycles. The largest absolute Gasteiger partial charge is 0.481 e. The average Bonchev–Trinajstić information content (AvgIpc) is 2.17. The van der Waals surface area contributed by atoms with E-state index in [0.29, 0.717) is 5.69 Å². The molecule has 1 atom stereocenters. The summed E-state index contributed by atoms with van der Waals surface area (Å²) in [7, 11) is 0. The first-order valence-electron chi connectivity index (χ1n) is 4.61. The maximum atomic E-state index is 10.7. The molecule has 0 radical (unpaired) electrons. The predicted molar refractivity (Wildman–Crippen MR) is 56.8 cm³/mol. The van der Waals surface area contributed by atoms with E-state index in [9.17, 15) is 9.59 Å². The molecule has 0 bridgehead atoms. The minimum atomic E-state index is -0.859. The van der Waals surface area contributed by atoms with Gasteiger partial charge in [0.25, 0.3) is 0 Å². The van der Waals surface area contributed by atoms with Gasteiger partial charge in [0.1, 0.15) is 0 Å². The summed E-state index contributed by atoms with van der Waals surface area (Å²) in [4.78, 5) is 21.4. The molecular weight excluding hydrogens is 194 g/mol. The van der Waals surface area contributed by atoms with E-state index in [1.165, 1.54) is 6.92 Å². The standard InChI is InChI=1S/C11H13NO3/c1-7(11(14)15)9-3-5-10(6-4-9)12-8(2)13/h3-7H,1-2H3,(H,12,13)(H,14,15)/t7-/m0/s1. The highest BCUT2D eigenvalue weighted by Gasteiger charge is 2.12. The number of hydrogen-bond acceptors (Lipinski definition) is 2. The Morgan fingerprint density at radius 1 is 1.27 bits per heavy atom. The average molecular weight is 207 g/mol. The smallest absolute Gasteiger partial charge is 0.310 e. The molecule has 0 aliphatic heterocycles. The molecule has 1 aromatic rings. The zero-order valence-electron chi connectivity index (χ0n) is 8.65. The molecule has 2 N–H and O–H groups in total. The number of carboxylic acid groups (broad SMARTS) is 1. The molecule has 0 aliphatic rings. The third-order valence-corrected chi connectivity index (χ3v) is 2.10. The van der Waals surface area contributed by atoms with Crippen LogP contribution < -0.4 is 5.32 Å². The first kappa shape index (κ1) is 11.2. The summed E-state index contributed by atoms with van der Waals surface area (Å²) >= 11 is 0. The predicted octanol–water partition coefficient (Wildman–Crippen LogP) is 1.83. The van der Waals surface area contributed by atoms with E-state index in [-0.39, 0.29) is 5.91 Å². The molecule has 0 spiro atoms. The summed E-state index contributed by atoms with van der Waals surface area (Å²) < 4.78 is 0. The normalized spacial score (nSPS) is 11.9. The molecule has 0 aliphatic carbocycles. The second-order valence-electron chi connectivity index (χ2n) is 3.36. The van der Waals surface area contributed by atoms with Crippen LogP contribution in [-0.4, -0.2) is 17.0 Å². The number of hydrogen-bond donors (Lipinski definition) is 2. The number of benzene rings is 1. The third kappa shape index (κ3) is 3.09. The van der Waals surface area contributed by atoms with Crippen LogP contribution in [0.15, 0.2) is 24.3 Å². The van der Waals surface area contributed by atoms with Gasteiger partial charge in [-0.05, 0) is 24.6 Å². The second-order valence-corrected chi connectivity index (χ2v) is 3.36. The molecule has 0 fully saturated rings. The number of carboxylic acids is 1. The van der Waals surface area contributed by atoms with Crippen molar-refractivity contribution in [2.45, 2.75) is 19.8 Å². The maximum absolute atomic E-state index is 10.7. The lowest BCUT2D eigenvalue weighted by atomic mass is 10.0. The van der Waals surface area contributed by atoms with E-state index in [0.717, 1.165) is 5.56 Å². The summed E-state index contributed by atoms with van der Waals surface area (Å²) in [6.45, 7) is 3.05. The van der Waals surface area contributed by atoms with Gasteiger partial charge in [0.15, 0.2) is 0 Å². The van der Waals surface area contributed by atoms with Crippen LogP contribution in [0, 0.1) is 0 Å². The Morgan fingerprint density at radius 3 is 2.20 bits per heavy atom.